The number of ether oxygens (including phenoxy) is 2. The molecule has 0 aliphatic rings. The maximum absolute atomic E-state index is 11.6. The molecule has 0 fully saturated rings. The monoisotopic (exact) mass is 316 g/mol. The van der Waals surface area contributed by atoms with E-state index in [-0.39, 0.29) is 5.75 Å². The van der Waals surface area contributed by atoms with Gasteiger partial charge in [-0.3, -0.25) is 0 Å². The van der Waals surface area contributed by atoms with Gasteiger partial charge in [0.05, 0.1) is 19.5 Å². The Morgan fingerprint density at radius 3 is 2.52 bits per heavy atom. The predicted octanol–water partition coefficient (Wildman–Crippen LogP) is 1.07. The van der Waals surface area contributed by atoms with Crippen molar-refractivity contribution in [3.8, 4) is 11.5 Å². The number of methoxy groups -OCH3 is 1. The van der Waals surface area contributed by atoms with E-state index in [0.717, 1.165) is 5.56 Å². The van der Waals surface area contributed by atoms with Gasteiger partial charge in [-0.05, 0) is 24.6 Å². The molecule has 0 aliphatic carbocycles. The molecule has 0 saturated heterocycles. The number of sulfonamides is 1. The highest BCUT2D eigenvalue weighted by molar-refractivity contribution is 7.89. The van der Waals surface area contributed by atoms with Crippen molar-refractivity contribution in [2.24, 2.45) is 0 Å². The second kappa shape index (κ2) is 8.21. The summed E-state index contributed by atoms with van der Waals surface area (Å²) in [5.41, 5.74) is 1.01. The second-order valence-electron chi connectivity index (χ2n) is 4.69. The fraction of sp³-hybridized carbons (Fsp3) is 0.571. The highest BCUT2D eigenvalue weighted by atomic mass is 32.2. The van der Waals surface area contributed by atoms with Crippen molar-refractivity contribution in [2.45, 2.75) is 13.5 Å². The Hall–Kier alpha value is -1.31. The zero-order valence-corrected chi connectivity index (χ0v) is 13.9. The lowest BCUT2D eigenvalue weighted by Gasteiger charge is -2.13. The molecule has 6 nitrogen and oxygen atoms in total. The summed E-state index contributed by atoms with van der Waals surface area (Å²) in [7, 11) is 1.51. The van der Waals surface area contributed by atoms with Crippen molar-refractivity contribution in [3.63, 3.8) is 0 Å². The third-order valence-corrected chi connectivity index (χ3v) is 4.78. The Kier molecular flexibility index (Phi) is 6.94. The summed E-state index contributed by atoms with van der Waals surface area (Å²) in [5.74, 6) is 1.46. The molecule has 1 N–H and O–H groups in total. The maximum Gasteiger partial charge on any atom is 0.214 e. The van der Waals surface area contributed by atoms with Crippen molar-refractivity contribution in [1.29, 1.82) is 0 Å². The van der Waals surface area contributed by atoms with E-state index >= 15 is 0 Å². The van der Waals surface area contributed by atoms with Gasteiger partial charge in [-0.2, -0.15) is 0 Å². The Labute approximate surface area is 127 Å². The van der Waals surface area contributed by atoms with Crippen LogP contribution in [0.25, 0.3) is 0 Å². The molecule has 0 aliphatic heterocycles. The van der Waals surface area contributed by atoms with Gasteiger partial charge in [-0.15, -0.1) is 0 Å². The highest BCUT2D eigenvalue weighted by Gasteiger charge is 2.12. The molecule has 0 saturated carbocycles. The Balaban J connectivity index is 2.53. The van der Waals surface area contributed by atoms with Crippen molar-refractivity contribution in [1.82, 2.24) is 9.62 Å². The highest BCUT2D eigenvalue weighted by Crippen LogP contribution is 2.27. The van der Waals surface area contributed by atoms with E-state index in [1.165, 1.54) is 18.4 Å². The standard InChI is InChI=1S/C14H24N2O4S/c1-5-20-13-7-6-12(10-14(13)19-4)11-15-8-9-21(17,18)16(2)3/h6-7,10,15H,5,8-9,11H2,1-4H3. The van der Waals surface area contributed by atoms with E-state index in [4.69, 9.17) is 9.47 Å². The van der Waals surface area contributed by atoms with Crippen LogP contribution in [-0.2, 0) is 16.6 Å². The SMILES string of the molecule is CCOc1ccc(CNCCS(=O)(=O)N(C)C)cc1OC. The molecule has 1 aromatic carbocycles. The van der Waals surface area contributed by atoms with Gasteiger partial charge in [0.1, 0.15) is 0 Å². The number of benzene rings is 1. The lowest BCUT2D eigenvalue weighted by atomic mass is 10.2. The van der Waals surface area contributed by atoms with E-state index in [1.54, 1.807) is 7.11 Å². The summed E-state index contributed by atoms with van der Waals surface area (Å²) in [5, 5.41) is 3.11. The third kappa shape index (κ3) is 5.53. The van der Waals surface area contributed by atoms with Crippen molar-refractivity contribution >= 4 is 10.0 Å². The van der Waals surface area contributed by atoms with E-state index < -0.39 is 10.0 Å². The minimum Gasteiger partial charge on any atom is -0.493 e. The average Bonchev–Trinajstić information content (AvgIpc) is 2.45. The molecule has 0 radical (unpaired) electrons. The van der Waals surface area contributed by atoms with Crippen LogP contribution in [-0.4, -0.2) is 52.8 Å². The van der Waals surface area contributed by atoms with Crippen LogP contribution in [0.2, 0.25) is 0 Å². The van der Waals surface area contributed by atoms with Gasteiger partial charge in [0.15, 0.2) is 11.5 Å². The first-order valence-corrected chi connectivity index (χ1v) is 8.42. The smallest absolute Gasteiger partial charge is 0.214 e. The van der Waals surface area contributed by atoms with Crippen LogP contribution in [0, 0.1) is 0 Å². The van der Waals surface area contributed by atoms with Crippen molar-refractivity contribution in [3.05, 3.63) is 23.8 Å². The van der Waals surface area contributed by atoms with Gasteiger partial charge < -0.3 is 14.8 Å². The van der Waals surface area contributed by atoms with Crippen LogP contribution in [0.15, 0.2) is 18.2 Å². The molecular weight excluding hydrogens is 292 g/mol. The lowest BCUT2D eigenvalue weighted by Crippen LogP contribution is -2.31. The Morgan fingerprint density at radius 2 is 1.95 bits per heavy atom. The topological polar surface area (TPSA) is 67.9 Å². The lowest BCUT2D eigenvalue weighted by molar-refractivity contribution is 0.310. The number of hydrogen-bond acceptors (Lipinski definition) is 5. The van der Waals surface area contributed by atoms with Crippen molar-refractivity contribution in [2.75, 3.05) is 40.1 Å². The molecule has 0 spiro atoms. The minimum atomic E-state index is -3.15. The minimum absolute atomic E-state index is 0.0775. The van der Waals surface area contributed by atoms with Crippen LogP contribution in [0.5, 0.6) is 11.5 Å². The second-order valence-corrected chi connectivity index (χ2v) is 7.00. The summed E-state index contributed by atoms with van der Waals surface area (Å²) in [4.78, 5) is 0. The first kappa shape index (κ1) is 17.7. The van der Waals surface area contributed by atoms with E-state index in [1.807, 2.05) is 25.1 Å². The van der Waals surface area contributed by atoms with E-state index in [2.05, 4.69) is 5.32 Å². The molecule has 0 amide bonds. The van der Waals surface area contributed by atoms with Crippen LogP contribution in [0.4, 0.5) is 0 Å². The normalized spacial score (nSPS) is 11.7. The van der Waals surface area contributed by atoms with Gasteiger partial charge in [0.2, 0.25) is 10.0 Å². The van der Waals surface area contributed by atoms with Gasteiger partial charge in [0, 0.05) is 27.2 Å². The molecular formula is C14H24N2O4S. The van der Waals surface area contributed by atoms with Crippen LogP contribution >= 0.6 is 0 Å². The first-order chi connectivity index (χ1) is 9.90. The van der Waals surface area contributed by atoms with E-state index in [0.29, 0.717) is 31.2 Å². The molecule has 0 atom stereocenters. The fourth-order valence-electron chi connectivity index (χ4n) is 1.71. The number of hydrogen-bond donors (Lipinski definition) is 1. The molecule has 0 unspecified atom stereocenters. The number of nitrogens with zero attached hydrogens (tertiary/aromatic N) is 1. The number of nitrogens with one attached hydrogen (secondary N) is 1. The predicted molar refractivity (Wildman–Crippen MR) is 83.3 cm³/mol. The first-order valence-electron chi connectivity index (χ1n) is 6.81. The van der Waals surface area contributed by atoms with Gasteiger partial charge in [-0.25, -0.2) is 12.7 Å². The number of rotatable bonds is 9. The summed E-state index contributed by atoms with van der Waals surface area (Å²) in [6, 6.07) is 5.68. The van der Waals surface area contributed by atoms with Crippen LogP contribution < -0.4 is 14.8 Å². The molecule has 0 bridgehead atoms. The fourth-order valence-corrected chi connectivity index (χ4v) is 2.48. The quantitative estimate of drug-likeness (QED) is 0.690. The Bertz CT molecular complexity index is 544. The van der Waals surface area contributed by atoms with Gasteiger partial charge in [0.25, 0.3) is 0 Å². The average molecular weight is 316 g/mol. The maximum atomic E-state index is 11.6. The Morgan fingerprint density at radius 1 is 1.24 bits per heavy atom. The van der Waals surface area contributed by atoms with Gasteiger partial charge in [-0.1, -0.05) is 6.07 Å². The largest absolute Gasteiger partial charge is 0.493 e. The van der Waals surface area contributed by atoms with Gasteiger partial charge >= 0.3 is 0 Å². The molecule has 0 aromatic heterocycles. The molecule has 1 aromatic rings. The zero-order chi connectivity index (χ0) is 15.9. The molecule has 21 heavy (non-hydrogen) atoms. The summed E-state index contributed by atoms with van der Waals surface area (Å²) < 4.78 is 35.2. The van der Waals surface area contributed by atoms with Crippen molar-refractivity contribution < 1.29 is 17.9 Å². The molecule has 7 heteroatoms. The summed E-state index contributed by atoms with van der Waals surface area (Å²) in [6.45, 7) is 3.47. The zero-order valence-electron chi connectivity index (χ0n) is 13.0. The molecule has 120 valence electrons. The molecule has 1 rings (SSSR count). The van der Waals surface area contributed by atoms with E-state index in [9.17, 15) is 8.42 Å². The molecule has 0 heterocycles. The third-order valence-electron chi connectivity index (χ3n) is 2.95. The summed E-state index contributed by atoms with van der Waals surface area (Å²) in [6.07, 6.45) is 0. The van der Waals surface area contributed by atoms with Crippen LogP contribution in [0.1, 0.15) is 12.5 Å². The van der Waals surface area contributed by atoms with Crippen LogP contribution in [0.3, 0.4) is 0 Å². The summed E-state index contributed by atoms with van der Waals surface area (Å²) >= 11 is 0.